The Morgan fingerprint density at radius 2 is 1.46 bits per heavy atom. The van der Waals surface area contributed by atoms with Crippen molar-refractivity contribution in [2.45, 2.75) is 84.5 Å². The van der Waals surface area contributed by atoms with Crippen LogP contribution in [0.3, 0.4) is 0 Å². The second-order valence-corrected chi connectivity index (χ2v) is 8.16. The zero-order chi connectivity index (χ0) is 18.3. The van der Waals surface area contributed by atoms with Crippen molar-refractivity contribution in [2.24, 2.45) is 5.92 Å². The van der Waals surface area contributed by atoms with Gasteiger partial charge in [0.05, 0.1) is 7.11 Å². The van der Waals surface area contributed by atoms with Gasteiger partial charge >= 0.3 is 10.4 Å². The van der Waals surface area contributed by atoms with Crippen LogP contribution in [-0.2, 0) is 14.6 Å². The van der Waals surface area contributed by atoms with Crippen molar-refractivity contribution in [1.29, 1.82) is 0 Å². The number of hydrogen-bond acceptors (Lipinski definition) is 4. The van der Waals surface area contributed by atoms with Gasteiger partial charge in [0.15, 0.2) is 0 Å². The van der Waals surface area contributed by atoms with Gasteiger partial charge in [-0.3, -0.25) is 8.74 Å². The molecule has 1 N–H and O–H groups in total. The Morgan fingerprint density at radius 1 is 1.00 bits per heavy atom. The molecule has 0 aromatic carbocycles. The monoisotopic (exact) mass is 365 g/mol. The third-order valence-electron chi connectivity index (χ3n) is 4.55. The lowest BCUT2D eigenvalue weighted by atomic mass is 10.1. The van der Waals surface area contributed by atoms with Gasteiger partial charge in [0, 0.05) is 6.54 Å². The zero-order valence-electron chi connectivity index (χ0n) is 16.0. The van der Waals surface area contributed by atoms with E-state index in [0.29, 0.717) is 0 Å². The van der Waals surface area contributed by atoms with Crippen molar-refractivity contribution in [3.63, 3.8) is 0 Å². The molecule has 1 atom stereocenters. The van der Waals surface area contributed by atoms with Crippen molar-refractivity contribution >= 4 is 10.4 Å². The molecule has 0 bridgehead atoms. The highest BCUT2D eigenvalue weighted by molar-refractivity contribution is 7.80. The van der Waals surface area contributed by atoms with E-state index in [4.69, 9.17) is 4.55 Å². The van der Waals surface area contributed by atoms with E-state index in [-0.39, 0.29) is 0 Å². The van der Waals surface area contributed by atoms with Crippen molar-refractivity contribution in [3.8, 4) is 0 Å². The molecule has 0 amide bonds. The number of rotatable bonds is 12. The van der Waals surface area contributed by atoms with Crippen molar-refractivity contribution in [2.75, 3.05) is 26.7 Å². The van der Waals surface area contributed by atoms with Gasteiger partial charge in [-0.25, -0.2) is 0 Å². The molecule has 1 fully saturated rings. The quantitative estimate of drug-likeness (QED) is 0.401. The topological polar surface area (TPSA) is 66.8 Å². The highest BCUT2D eigenvalue weighted by atomic mass is 32.3. The Labute approximate surface area is 150 Å². The number of nitrogens with zero attached hydrogens (tertiary/aromatic N) is 1. The smallest absolute Gasteiger partial charge is 0.303 e. The normalized spacial score (nSPS) is 18.4. The van der Waals surface area contributed by atoms with Gasteiger partial charge in [0.2, 0.25) is 0 Å². The lowest BCUT2D eigenvalue weighted by Crippen LogP contribution is -2.21. The Bertz CT molecular complexity index is 373. The Balaban J connectivity index is 0.000000754. The predicted molar refractivity (Wildman–Crippen MR) is 101 cm³/mol. The second kappa shape index (κ2) is 15.1. The first kappa shape index (κ1) is 23.8. The molecule has 0 spiro atoms. The minimum atomic E-state index is -4.16. The fourth-order valence-electron chi connectivity index (χ4n) is 3.05. The van der Waals surface area contributed by atoms with E-state index < -0.39 is 10.4 Å². The lowest BCUT2D eigenvalue weighted by molar-refractivity contribution is 0.317. The number of hydrogen-bond donors (Lipinski definition) is 1. The summed E-state index contributed by atoms with van der Waals surface area (Å²) >= 11 is 0. The molecule has 1 aliphatic rings. The van der Waals surface area contributed by atoms with Gasteiger partial charge in [0.25, 0.3) is 0 Å². The van der Waals surface area contributed by atoms with E-state index in [2.05, 4.69) is 22.9 Å². The molecule has 0 aliphatic carbocycles. The standard InChI is InChI=1S/C17H35N.CH4O4S/c1-3-4-5-6-7-8-9-10-11-12-14-18-15-13-17(2)16-18;1-5-6(2,3)4/h17H,3-16H2,1-2H3;1H3,(H,2,3,4). The molecule has 1 saturated heterocycles. The van der Waals surface area contributed by atoms with Gasteiger partial charge in [-0.05, 0) is 31.8 Å². The zero-order valence-corrected chi connectivity index (χ0v) is 16.8. The molecule has 0 saturated carbocycles. The van der Waals surface area contributed by atoms with E-state index >= 15 is 0 Å². The van der Waals surface area contributed by atoms with Crippen molar-refractivity contribution < 1.29 is 17.2 Å². The van der Waals surface area contributed by atoms with E-state index in [9.17, 15) is 8.42 Å². The van der Waals surface area contributed by atoms with Crippen LogP contribution in [0.2, 0.25) is 0 Å². The van der Waals surface area contributed by atoms with E-state index in [1.165, 1.54) is 90.3 Å². The fraction of sp³-hybridized carbons (Fsp3) is 1.00. The summed E-state index contributed by atoms with van der Waals surface area (Å²) in [4.78, 5) is 2.66. The largest absolute Gasteiger partial charge is 0.397 e. The molecule has 1 unspecified atom stereocenters. The molecule has 0 aromatic heterocycles. The van der Waals surface area contributed by atoms with Gasteiger partial charge in [0.1, 0.15) is 0 Å². The fourth-order valence-corrected chi connectivity index (χ4v) is 3.05. The van der Waals surface area contributed by atoms with Gasteiger partial charge < -0.3 is 4.90 Å². The van der Waals surface area contributed by atoms with Crippen LogP contribution in [0.5, 0.6) is 0 Å². The summed E-state index contributed by atoms with van der Waals surface area (Å²) in [7, 11) is -3.29. The highest BCUT2D eigenvalue weighted by Crippen LogP contribution is 2.16. The molecule has 1 rings (SSSR count). The maximum atomic E-state index is 9.33. The van der Waals surface area contributed by atoms with Gasteiger partial charge in [-0.2, -0.15) is 8.42 Å². The van der Waals surface area contributed by atoms with Gasteiger partial charge in [-0.15, -0.1) is 0 Å². The summed E-state index contributed by atoms with van der Waals surface area (Å²) in [5, 5.41) is 0. The summed E-state index contributed by atoms with van der Waals surface area (Å²) in [6.45, 7) is 8.76. The molecular weight excluding hydrogens is 326 g/mol. The molecule has 24 heavy (non-hydrogen) atoms. The summed E-state index contributed by atoms with van der Waals surface area (Å²) < 4.78 is 29.7. The molecule has 0 aromatic rings. The van der Waals surface area contributed by atoms with Crippen LogP contribution < -0.4 is 0 Å². The molecular formula is C18H39NO4S. The summed E-state index contributed by atoms with van der Waals surface area (Å²) in [6.07, 6.45) is 16.0. The van der Waals surface area contributed by atoms with Gasteiger partial charge in [-0.1, -0.05) is 71.6 Å². The average molecular weight is 366 g/mol. The minimum absolute atomic E-state index is 0.870. The van der Waals surface area contributed by atoms with E-state index in [1.54, 1.807) is 0 Å². The van der Waals surface area contributed by atoms with Crippen LogP contribution in [0, 0.1) is 5.92 Å². The maximum Gasteiger partial charge on any atom is 0.397 e. The average Bonchev–Trinajstić information content (AvgIpc) is 2.94. The SMILES string of the molecule is CCCCCCCCCCCCN1CCC(C)C1.COS(=O)(=O)O. The molecule has 5 nitrogen and oxygen atoms in total. The van der Waals surface area contributed by atoms with Crippen molar-refractivity contribution in [3.05, 3.63) is 0 Å². The number of unbranched alkanes of at least 4 members (excludes halogenated alkanes) is 9. The first-order valence-corrected chi connectivity index (χ1v) is 11.0. The molecule has 1 aliphatic heterocycles. The first-order chi connectivity index (χ1) is 11.4. The summed E-state index contributed by atoms with van der Waals surface area (Å²) in [5.74, 6) is 0.952. The van der Waals surface area contributed by atoms with Crippen LogP contribution >= 0.6 is 0 Å². The number of likely N-dealkylation sites (tertiary alicyclic amines) is 1. The highest BCUT2D eigenvalue weighted by Gasteiger charge is 2.17. The minimum Gasteiger partial charge on any atom is -0.303 e. The third-order valence-corrected chi connectivity index (χ3v) is 4.97. The molecule has 0 radical (unpaired) electrons. The summed E-state index contributed by atoms with van der Waals surface area (Å²) in [5.41, 5.74) is 0. The van der Waals surface area contributed by atoms with Crippen LogP contribution in [0.4, 0.5) is 0 Å². The molecule has 6 heteroatoms. The predicted octanol–water partition coefficient (Wildman–Crippen LogP) is 4.68. The van der Waals surface area contributed by atoms with Crippen LogP contribution in [0.15, 0.2) is 0 Å². The summed E-state index contributed by atoms with van der Waals surface area (Å²) in [6, 6.07) is 0. The molecule has 1 heterocycles. The van der Waals surface area contributed by atoms with Crippen molar-refractivity contribution in [1.82, 2.24) is 4.90 Å². The molecule has 146 valence electrons. The third kappa shape index (κ3) is 16.7. The Kier molecular flexibility index (Phi) is 15.0. The lowest BCUT2D eigenvalue weighted by Gasteiger charge is -2.14. The Morgan fingerprint density at radius 3 is 1.83 bits per heavy atom. The van der Waals surface area contributed by atoms with E-state index in [0.717, 1.165) is 13.0 Å². The van der Waals surface area contributed by atoms with Crippen LogP contribution in [0.1, 0.15) is 84.5 Å². The second-order valence-electron chi connectivity index (χ2n) is 6.97. The van der Waals surface area contributed by atoms with Crippen LogP contribution in [-0.4, -0.2) is 44.6 Å². The van der Waals surface area contributed by atoms with Crippen LogP contribution in [0.25, 0.3) is 0 Å². The maximum absolute atomic E-state index is 9.33. The Hall–Kier alpha value is -0.170. The van der Waals surface area contributed by atoms with E-state index in [1.807, 2.05) is 0 Å². The first-order valence-electron chi connectivity index (χ1n) is 9.64.